The third-order valence-electron chi connectivity index (χ3n) is 16.3. The Bertz CT molecular complexity index is 1920. The SMILES string of the molecule is CC/C=C\C/C=C\C/C=C\C/C=C\C/C=C\CCCCCCCCCCCCC(O)C(=O)NC(COC1OC(CO)C(O)C(O)C1OC(=O)CCCCCCC/C=C\C/C=C\C/C=C\C/C=C\CCCCC)C(O)/C=C/CCCCCCCCCCCCC. The van der Waals surface area contributed by atoms with Crippen LogP contribution in [0.5, 0.6) is 0 Å². The second kappa shape index (κ2) is 64.2. The summed E-state index contributed by atoms with van der Waals surface area (Å²) in [5, 5.41) is 57.3. The first-order valence-electron chi connectivity index (χ1n) is 36.3. The summed E-state index contributed by atoms with van der Waals surface area (Å²) in [4.78, 5) is 26.7. The van der Waals surface area contributed by atoms with Gasteiger partial charge in [0, 0.05) is 6.42 Å². The summed E-state index contributed by atoms with van der Waals surface area (Å²) in [6.07, 6.45) is 79.4. The molecule has 11 nitrogen and oxygen atoms in total. The molecule has 1 heterocycles. The molecule has 0 spiro atoms. The molecule has 1 fully saturated rings. The molecule has 0 aromatic rings. The molecular formula is C78H133NO10. The molecule has 11 heteroatoms. The van der Waals surface area contributed by atoms with Crippen molar-refractivity contribution in [2.75, 3.05) is 13.2 Å². The molecule has 0 aromatic carbocycles. The van der Waals surface area contributed by atoms with E-state index in [-0.39, 0.29) is 19.4 Å². The Kier molecular flexibility index (Phi) is 59.9. The van der Waals surface area contributed by atoms with Gasteiger partial charge in [-0.3, -0.25) is 9.59 Å². The summed E-state index contributed by atoms with van der Waals surface area (Å²) in [5.41, 5.74) is 0. The summed E-state index contributed by atoms with van der Waals surface area (Å²) in [6.45, 7) is 5.66. The highest BCUT2D eigenvalue weighted by Crippen LogP contribution is 2.26. The van der Waals surface area contributed by atoms with Gasteiger partial charge < -0.3 is 45.1 Å². The van der Waals surface area contributed by atoms with Crippen LogP contribution in [0, 0.1) is 0 Å². The Morgan fingerprint density at radius 3 is 1.24 bits per heavy atom. The van der Waals surface area contributed by atoms with Crippen molar-refractivity contribution in [1.29, 1.82) is 0 Å². The average Bonchev–Trinajstić information content (AvgIpc) is 3.11. The van der Waals surface area contributed by atoms with Gasteiger partial charge in [-0.2, -0.15) is 0 Å². The van der Waals surface area contributed by atoms with Crippen molar-refractivity contribution < 1.29 is 49.3 Å². The number of nitrogens with one attached hydrogen (secondary N) is 1. The summed E-state index contributed by atoms with van der Waals surface area (Å²) in [5.74, 6) is -1.22. The van der Waals surface area contributed by atoms with Gasteiger partial charge in [0.2, 0.25) is 5.91 Å². The molecule has 1 aliphatic heterocycles. The number of allylic oxidation sites excluding steroid dienone is 19. The Morgan fingerprint density at radius 1 is 0.449 bits per heavy atom. The minimum absolute atomic E-state index is 0.0970. The summed E-state index contributed by atoms with van der Waals surface area (Å²) < 4.78 is 17.7. The molecule has 1 aliphatic rings. The van der Waals surface area contributed by atoms with Gasteiger partial charge in [0.1, 0.15) is 24.4 Å². The van der Waals surface area contributed by atoms with Crippen LogP contribution >= 0.6 is 0 Å². The summed E-state index contributed by atoms with van der Waals surface area (Å²) in [6, 6.07) is -1.04. The standard InChI is InChI=1S/C78H133NO10/c1-4-7-10-13-16-19-22-25-27-29-31-33-34-35-36-37-39-40-42-44-47-50-53-56-59-62-65-71(82)77(86)79-69(70(81)64-61-58-55-52-49-46-24-21-18-15-12-9-6-3)68-87-78-76(75(85)74(84)72(67-80)88-78)89-73(83)66-63-60-57-54-51-48-45-43-41-38-32-30-28-26-23-20-17-14-11-8-5-2/h7,10,16-17,19-20,25-28,31-33,35-36,38,43,45,61,64,69-72,74-76,78,80-82,84-85H,4-6,8-9,11-15,18,21-24,29-30,34,37,39-42,44,46-60,62-63,65-68H2,1-3H3,(H,79,86)/b10-7-,19-16-,20-17-,27-25-,28-26-,33-31-,36-35-,38-32-,45-43-,64-61+. The molecule has 0 aliphatic carbocycles. The maximum absolute atomic E-state index is 13.5. The molecule has 0 bridgehead atoms. The first kappa shape index (κ1) is 83.1. The molecule has 0 aromatic heterocycles. The van der Waals surface area contributed by atoms with Gasteiger partial charge in [-0.1, -0.05) is 296 Å². The van der Waals surface area contributed by atoms with E-state index in [4.69, 9.17) is 14.2 Å². The van der Waals surface area contributed by atoms with Gasteiger partial charge in [-0.05, 0) is 116 Å². The lowest BCUT2D eigenvalue weighted by Gasteiger charge is -2.41. The van der Waals surface area contributed by atoms with Crippen LogP contribution < -0.4 is 5.32 Å². The van der Waals surface area contributed by atoms with Gasteiger partial charge in [-0.15, -0.1) is 0 Å². The third kappa shape index (κ3) is 51.3. The fourth-order valence-electron chi connectivity index (χ4n) is 10.7. The Labute approximate surface area is 544 Å². The number of ether oxygens (including phenoxy) is 3. The van der Waals surface area contributed by atoms with Crippen molar-refractivity contribution in [3.63, 3.8) is 0 Å². The highest BCUT2D eigenvalue weighted by Gasteiger charge is 2.47. The quantitative estimate of drug-likeness (QED) is 0.0195. The number of amides is 1. The van der Waals surface area contributed by atoms with Crippen molar-refractivity contribution in [1.82, 2.24) is 5.32 Å². The summed E-state index contributed by atoms with van der Waals surface area (Å²) in [7, 11) is 0. The molecule has 1 saturated heterocycles. The zero-order chi connectivity index (χ0) is 64.6. The van der Waals surface area contributed by atoms with E-state index in [1.54, 1.807) is 6.08 Å². The lowest BCUT2D eigenvalue weighted by atomic mass is 9.99. The maximum Gasteiger partial charge on any atom is 0.306 e. The average molecular weight is 1240 g/mol. The van der Waals surface area contributed by atoms with Crippen LogP contribution in [0.1, 0.15) is 297 Å². The largest absolute Gasteiger partial charge is 0.454 e. The lowest BCUT2D eigenvalue weighted by molar-refractivity contribution is -0.305. The minimum Gasteiger partial charge on any atom is -0.454 e. The van der Waals surface area contributed by atoms with Crippen molar-refractivity contribution in [3.05, 3.63) is 122 Å². The van der Waals surface area contributed by atoms with E-state index in [9.17, 15) is 35.1 Å². The van der Waals surface area contributed by atoms with Crippen molar-refractivity contribution in [2.45, 2.75) is 346 Å². The van der Waals surface area contributed by atoms with E-state index in [0.717, 1.165) is 128 Å². The lowest BCUT2D eigenvalue weighted by Crippen LogP contribution is -2.61. The molecule has 8 unspecified atom stereocenters. The number of esters is 1. The molecule has 6 N–H and O–H groups in total. The minimum atomic E-state index is -1.63. The molecule has 8 atom stereocenters. The first-order valence-corrected chi connectivity index (χ1v) is 36.3. The number of unbranched alkanes of at least 4 members (excludes halogenated alkanes) is 29. The third-order valence-corrected chi connectivity index (χ3v) is 16.3. The molecule has 510 valence electrons. The van der Waals surface area contributed by atoms with Crippen molar-refractivity contribution in [3.8, 4) is 0 Å². The number of hydrogen-bond acceptors (Lipinski definition) is 10. The topological polar surface area (TPSA) is 175 Å². The highest BCUT2D eigenvalue weighted by molar-refractivity contribution is 5.80. The van der Waals surface area contributed by atoms with E-state index in [0.29, 0.717) is 12.8 Å². The smallest absolute Gasteiger partial charge is 0.306 e. The molecule has 89 heavy (non-hydrogen) atoms. The van der Waals surface area contributed by atoms with Crippen LogP contribution in [-0.4, -0.2) is 99.6 Å². The van der Waals surface area contributed by atoms with Crippen LogP contribution in [0.3, 0.4) is 0 Å². The number of carbonyl (C=O) groups is 2. The Hall–Kier alpha value is -3.94. The van der Waals surface area contributed by atoms with Crippen LogP contribution in [0.2, 0.25) is 0 Å². The maximum atomic E-state index is 13.5. The number of aliphatic hydroxyl groups excluding tert-OH is 5. The fourth-order valence-corrected chi connectivity index (χ4v) is 10.7. The normalized spacial score (nSPS) is 18.9. The van der Waals surface area contributed by atoms with Crippen LogP contribution in [0.25, 0.3) is 0 Å². The number of carbonyl (C=O) groups excluding carboxylic acids is 2. The summed E-state index contributed by atoms with van der Waals surface area (Å²) >= 11 is 0. The van der Waals surface area contributed by atoms with Gasteiger partial charge in [0.05, 0.1) is 25.4 Å². The first-order chi connectivity index (χ1) is 43.7. The Balaban J connectivity index is 2.60. The van der Waals surface area contributed by atoms with Crippen LogP contribution in [0.15, 0.2) is 122 Å². The molecular weight excluding hydrogens is 1110 g/mol. The predicted molar refractivity (Wildman–Crippen MR) is 374 cm³/mol. The van der Waals surface area contributed by atoms with E-state index in [1.165, 1.54) is 122 Å². The number of rotatable bonds is 61. The van der Waals surface area contributed by atoms with Crippen molar-refractivity contribution >= 4 is 11.9 Å². The zero-order valence-electron chi connectivity index (χ0n) is 56.8. The van der Waals surface area contributed by atoms with Gasteiger partial charge in [-0.25, -0.2) is 0 Å². The highest BCUT2D eigenvalue weighted by atomic mass is 16.7. The van der Waals surface area contributed by atoms with Gasteiger partial charge >= 0.3 is 5.97 Å². The van der Waals surface area contributed by atoms with Gasteiger partial charge in [0.15, 0.2) is 12.4 Å². The second-order valence-electron chi connectivity index (χ2n) is 24.6. The molecule has 1 amide bonds. The van der Waals surface area contributed by atoms with E-state index < -0.39 is 67.4 Å². The monoisotopic (exact) mass is 1240 g/mol. The molecule has 1 rings (SSSR count). The second-order valence-corrected chi connectivity index (χ2v) is 24.6. The Morgan fingerprint density at radius 2 is 0.809 bits per heavy atom. The van der Waals surface area contributed by atoms with Crippen LogP contribution in [0.4, 0.5) is 0 Å². The molecule has 0 radical (unpaired) electrons. The van der Waals surface area contributed by atoms with E-state index >= 15 is 0 Å². The van der Waals surface area contributed by atoms with Crippen molar-refractivity contribution in [2.24, 2.45) is 0 Å². The predicted octanol–water partition coefficient (Wildman–Crippen LogP) is 19.0. The number of hydrogen-bond donors (Lipinski definition) is 6. The van der Waals surface area contributed by atoms with Gasteiger partial charge in [0.25, 0.3) is 0 Å². The van der Waals surface area contributed by atoms with E-state index in [2.05, 4.69) is 135 Å². The molecule has 0 saturated carbocycles. The zero-order valence-corrected chi connectivity index (χ0v) is 56.8. The van der Waals surface area contributed by atoms with E-state index in [1.807, 2.05) is 6.08 Å². The van der Waals surface area contributed by atoms with Crippen LogP contribution in [-0.2, 0) is 23.8 Å². The number of aliphatic hydroxyl groups is 5. The fraction of sp³-hybridized carbons (Fsp3) is 0.718.